The van der Waals surface area contributed by atoms with E-state index < -0.39 is 0 Å². The summed E-state index contributed by atoms with van der Waals surface area (Å²) in [5.74, 6) is 1.63. The van der Waals surface area contributed by atoms with Crippen molar-refractivity contribution in [1.82, 2.24) is 24.3 Å². The summed E-state index contributed by atoms with van der Waals surface area (Å²) in [7, 11) is 1.42. The van der Waals surface area contributed by atoms with Crippen LogP contribution in [0.15, 0.2) is 31.2 Å². The lowest BCUT2D eigenvalue weighted by Gasteiger charge is -2.27. The molecule has 1 aliphatic rings. The van der Waals surface area contributed by atoms with Crippen LogP contribution in [0.25, 0.3) is 5.65 Å². The van der Waals surface area contributed by atoms with Crippen LogP contribution in [0, 0.1) is 18.3 Å². The molecular formula is C21H25N9O2. The predicted octanol–water partition coefficient (Wildman–Crippen LogP) is 2.09. The number of nitrogens with zero attached hydrogens (tertiary/aromatic N) is 7. The second-order valence-corrected chi connectivity index (χ2v) is 6.99. The number of hydrogen-bond acceptors (Lipinski definition) is 9. The molecule has 11 nitrogen and oxygen atoms in total. The summed E-state index contributed by atoms with van der Waals surface area (Å²) in [6.07, 6.45) is 9.79. The molecule has 0 unspecified atom stereocenters. The number of imidazole rings is 1. The molecule has 1 amide bonds. The van der Waals surface area contributed by atoms with Crippen LogP contribution in [0.2, 0.25) is 0 Å². The number of aryl methyl sites for hydroxylation is 1. The predicted molar refractivity (Wildman–Crippen MR) is 120 cm³/mol. The number of nitrogens with one attached hydrogen (secondary N) is 1. The largest absolute Gasteiger partial charge is 0.480 e. The summed E-state index contributed by atoms with van der Waals surface area (Å²) in [6, 6.07) is 1.87. The van der Waals surface area contributed by atoms with Gasteiger partial charge in [-0.05, 0) is 32.3 Å². The third-order valence-corrected chi connectivity index (χ3v) is 4.87. The number of piperidine rings is 1. The number of amides is 1. The van der Waals surface area contributed by atoms with Crippen LogP contribution < -0.4 is 20.7 Å². The fraction of sp³-hybridized carbons (Fsp3) is 0.333. The first-order chi connectivity index (χ1) is 15.5. The standard InChI is InChI=1S/C15H19N5O.C6H6N4O/c1-3-12(21)18-13-11(2)17-15-14(16-7-10-20(13)15)19-8-5-4-6-9-19;1-11-5-4(2-7)3-9-6(8)10-5/h3,7,10H,1,4-6,8-9H2,2H3,(H,18,21);3H,1H3,(H2,8,9,10). The molecule has 32 heavy (non-hydrogen) atoms. The molecular weight excluding hydrogens is 410 g/mol. The molecule has 0 aliphatic carbocycles. The van der Waals surface area contributed by atoms with Gasteiger partial charge in [-0.3, -0.25) is 9.20 Å². The van der Waals surface area contributed by atoms with E-state index in [4.69, 9.17) is 15.7 Å². The highest BCUT2D eigenvalue weighted by atomic mass is 16.5. The number of methoxy groups -OCH3 is 1. The van der Waals surface area contributed by atoms with Crippen LogP contribution in [0.3, 0.4) is 0 Å². The van der Waals surface area contributed by atoms with E-state index in [1.165, 1.54) is 38.6 Å². The number of nitrogen functional groups attached to an aromatic ring is 1. The van der Waals surface area contributed by atoms with E-state index in [-0.39, 0.29) is 23.3 Å². The normalized spacial score (nSPS) is 13.0. The van der Waals surface area contributed by atoms with Crippen LogP contribution in [0.5, 0.6) is 5.88 Å². The van der Waals surface area contributed by atoms with Crippen LogP contribution in [0.1, 0.15) is 30.5 Å². The van der Waals surface area contributed by atoms with Crippen LogP contribution in [-0.2, 0) is 4.79 Å². The van der Waals surface area contributed by atoms with Gasteiger partial charge in [-0.15, -0.1) is 0 Å². The molecule has 4 heterocycles. The molecule has 0 atom stereocenters. The SMILES string of the molecule is C=CC(=O)Nc1c(C)nc2c(N3CCCCC3)nccn12.COc1nc(N)ncc1C#N. The van der Waals surface area contributed by atoms with E-state index in [0.717, 1.165) is 30.2 Å². The Kier molecular flexibility index (Phi) is 7.17. The molecule has 0 radical (unpaired) electrons. The van der Waals surface area contributed by atoms with E-state index in [0.29, 0.717) is 5.82 Å². The van der Waals surface area contributed by atoms with Gasteiger partial charge in [0.25, 0.3) is 0 Å². The molecule has 4 rings (SSSR count). The summed E-state index contributed by atoms with van der Waals surface area (Å²) in [4.78, 5) is 30.2. The van der Waals surface area contributed by atoms with Crippen LogP contribution >= 0.6 is 0 Å². The number of nitrogens with two attached hydrogens (primary N) is 1. The number of nitriles is 1. The maximum atomic E-state index is 11.6. The average molecular weight is 435 g/mol. The van der Waals surface area contributed by atoms with Gasteiger partial charge in [0.15, 0.2) is 11.5 Å². The van der Waals surface area contributed by atoms with Crippen molar-refractivity contribution in [2.24, 2.45) is 0 Å². The highest BCUT2D eigenvalue weighted by Gasteiger charge is 2.19. The second kappa shape index (κ2) is 10.2. The van der Waals surface area contributed by atoms with Gasteiger partial charge in [0.1, 0.15) is 17.5 Å². The number of fused-ring (bicyclic) bond motifs is 1. The molecule has 0 aromatic carbocycles. The molecule has 1 fully saturated rings. The zero-order valence-corrected chi connectivity index (χ0v) is 18.1. The summed E-state index contributed by atoms with van der Waals surface area (Å²) in [6.45, 7) is 7.37. The molecule has 0 spiro atoms. The summed E-state index contributed by atoms with van der Waals surface area (Å²) in [5.41, 5.74) is 7.09. The Morgan fingerprint density at radius 3 is 2.72 bits per heavy atom. The molecule has 3 aromatic rings. The number of ether oxygens (including phenoxy) is 1. The van der Waals surface area contributed by atoms with Crippen LogP contribution in [-0.4, -0.2) is 50.4 Å². The van der Waals surface area contributed by atoms with Crippen LogP contribution in [0.4, 0.5) is 17.6 Å². The van der Waals surface area contributed by atoms with Gasteiger partial charge in [0, 0.05) is 25.5 Å². The van der Waals surface area contributed by atoms with E-state index in [2.05, 4.69) is 36.7 Å². The first kappa shape index (κ1) is 22.5. The van der Waals surface area contributed by atoms with E-state index in [1.54, 1.807) is 6.20 Å². The minimum atomic E-state index is -0.240. The van der Waals surface area contributed by atoms with Gasteiger partial charge in [0.05, 0.1) is 19.0 Å². The summed E-state index contributed by atoms with van der Waals surface area (Å²) < 4.78 is 6.65. The van der Waals surface area contributed by atoms with E-state index in [1.807, 2.05) is 23.6 Å². The Morgan fingerprint density at radius 2 is 2.06 bits per heavy atom. The molecule has 3 N–H and O–H groups in total. The smallest absolute Gasteiger partial charge is 0.248 e. The summed E-state index contributed by atoms with van der Waals surface area (Å²) >= 11 is 0. The van der Waals surface area contributed by atoms with Crippen molar-refractivity contribution in [1.29, 1.82) is 5.26 Å². The van der Waals surface area contributed by atoms with Gasteiger partial charge in [-0.2, -0.15) is 10.2 Å². The Bertz CT molecular complexity index is 1160. The third kappa shape index (κ3) is 4.92. The summed E-state index contributed by atoms with van der Waals surface area (Å²) in [5, 5.41) is 11.3. The maximum absolute atomic E-state index is 11.6. The Morgan fingerprint density at radius 1 is 1.31 bits per heavy atom. The zero-order chi connectivity index (χ0) is 23.1. The molecule has 0 saturated carbocycles. The van der Waals surface area contributed by atoms with Crippen molar-refractivity contribution < 1.29 is 9.53 Å². The van der Waals surface area contributed by atoms with Gasteiger partial charge in [0.2, 0.25) is 17.7 Å². The second-order valence-electron chi connectivity index (χ2n) is 6.99. The minimum Gasteiger partial charge on any atom is -0.480 e. The van der Waals surface area contributed by atoms with Crippen molar-refractivity contribution in [3.63, 3.8) is 0 Å². The average Bonchev–Trinajstić information content (AvgIpc) is 3.14. The van der Waals surface area contributed by atoms with E-state index in [9.17, 15) is 4.79 Å². The topological polar surface area (TPSA) is 147 Å². The molecule has 1 aliphatic heterocycles. The molecule has 3 aromatic heterocycles. The number of rotatable bonds is 4. The highest BCUT2D eigenvalue weighted by Crippen LogP contribution is 2.26. The van der Waals surface area contributed by atoms with E-state index >= 15 is 0 Å². The fourth-order valence-corrected chi connectivity index (χ4v) is 3.34. The molecule has 1 saturated heterocycles. The number of hydrogen-bond donors (Lipinski definition) is 2. The molecule has 0 bridgehead atoms. The lowest BCUT2D eigenvalue weighted by Crippen LogP contribution is -2.30. The van der Waals surface area contributed by atoms with Gasteiger partial charge in [-0.1, -0.05) is 6.58 Å². The van der Waals surface area contributed by atoms with Crippen molar-refractivity contribution in [2.45, 2.75) is 26.2 Å². The van der Waals surface area contributed by atoms with Gasteiger partial charge in [-0.25, -0.2) is 15.0 Å². The van der Waals surface area contributed by atoms with Crippen molar-refractivity contribution in [2.75, 3.05) is 36.1 Å². The highest BCUT2D eigenvalue weighted by molar-refractivity contribution is 5.99. The quantitative estimate of drug-likeness (QED) is 0.588. The number of carbonyl (C=O) groups is 1. The third-order valence-electron chi connectivity index (χ3n) is 4.87. The fourth-order valence-electron chi connectivity index (χ4n) is 3.34. The first-order valence-corrected chi connectivity index (χ1v) is 10.1. The molecule has 166 valence electrons. The Labute approximate surface area is 185 Å². The van der Waals surface area contributed by atoms with Gasteiger partial charge < -0.3 is 20.7 Å². The molecule has 11 heteroatoms. The zero-order valence-electron chi connectivity index (χ0n) is 18.1. The number of carbonyl (C=O) groups excluding carboxylic acids is 1. The lowest BCUT2D eigenvalue weighted by molar-refractivity contribution is -0.111. The van der Waals surface area contributed by atoms with Crippen molar-refractivity contribution >= 4 is 29.1 Å². The maximum Gasteiger partial charge on any atom is 0.248 e. The Hall–Kier alpha value is -4.20. The number of aromatic nitrogens is 5. The van der Waals surface area contributed by atoms with Crippen molar-refractivity contribution in [3.8, 4) is 11.9 Å². The lowest BCUT2D eigenvalue weighted by atomic mass is 10.1. The number of anilines is 3. The minimum absolute atomic E-state index is 0.0980. The van der Waals surface area contributed by atoms with Gasteiger partial charge >= 0.3 is 0 Å². The Balaban J connectivity index is 0.000000222. The first-order valence-electron chi connectivity index (χ1n) is 10.1. The van der Waals surface area contributed by atoms with Crippen molar-refractivity contribution in [3.05, 3.63) is 42.5 Å². The monoisotopic (exact) mass is 435 g/mol.